The maximum absolute atomic E-state index is 12.5. The second-order valence-electron chi connectivity index (χ2n) is 17.3. The third kappa shape index (κ3) is 12.0. The van der Waals surface area contributed by atoms with Gasteiger partial charge in [0.15, 0.2) is 0 Å². The van der Waals surface area contributed by atoms with E-state index in [0.29, 0.717) is 37.4 Å². The highest BCUT2D eigenvalue weighted by Gasteiger charge is 2.34. The molecule has 2 aliphatic rings. The molecule has 0 heterocycles. The number of hydrogen-bond acceptors (Lipinski definition) is 4. The number of nitrogens with one attached hydrogen (secondary N) is 2. The highest BCUT2D eigenvalue weighted by molar-refractivity contribution is 5.87. The molecule has 0 saturated heterocycles. The predicted molar refractivity (Wildman–Crippen MR) is 192 cm³/mol. The molecule has 0 aromatic heterocycles. The molecule has 2 aliphatic carbocycles. The molecule has 0 aromatic carbocycles. The molecule has 2 atom stereocenters. The Balaban J connectivity index is 1.73. The molecule has 6 nitrogen and oxygen atoms in total. The summed E-state index contributed by atoms with van der Waals surface area (Å²) in [5, 5.41) is 27.9. The SMILES string of the molecule is CC(C)(C)C1=CC(C=CC(=O)NCCCCCCNC(=O)C=CC2C=C(C(C)(C)C)C(O)=C(C(C)(C)C)C2)CC(C(C)(C)C)=C1O. The van der Waals surface area contributed by atoms with E-state index in [1.807, 2.05) is 12.2 Å². The molecule has 258 valence electrons. The lowest BCUT2D eigenvalue weighted by Crippen LogP contribution is -2.25. The van der Waals surface area contributed by atoms with Crippen molar-refractivity contribution in [2.45, 2.75) is 122 Å². The van der Waals surface area contributed by atoms with E-state index in [4.69, 9.17) is 0 Å². The fourth-order valence-corrected chi connectivity index (χ4v) is 6.04. The van der Waals surface area contributed by atoms with Crippen LogP contribution in [0.1, 0.15) is 122 Å². The average Bonchev–Trinajstić information content (AvgIpc) is 2.90. The van der Waals surface area contributed by atoms with Gasteiger partial charge in [-0.1, -0.05) is 120 Å². The predicted octanol–water partition coefficient (Wildman–Crippen LogP) is 9.59. The summed E-state index contributed by atoms with van der Waals surface area (Å²) >= 11 is 0. The normalized spacial score (nSPS) is 20.3. The van der Waals surface area contributed by atoms with E-state index in [1.54, 1.807) is 12.2 Å². The molecule has 0 saturated carbocycles. The van der Waals surface area contributed by atoms with Crippen molar-refractivity contribution >= 4 is 11.8 Å². The number of rotatable bonds is 11. The van der Waals surface area contributed by atoms with Gasteiger partial charge in [-0.3, -0.25) is 9.59 Å². The average molecular weight is 637 g/mol. The van der Waals surface area contributed by atoms with E-state index in [-0.39, 0.29) is 45.3 Å². The lowest BCUT2D eigenvalue weighted by molar-refractivity contribution is -0.117. The molecule has 0 aliphatic heterocycles. The number of hydrogen-bond donors (Lipinski definition) is 4. The number of aliphatic hydroxyl groups excluding tert-OH is 2. The molecule has 2 rings (SSSR count). The minimum atomic E-state index is -0.183. The highest BCUT2D eigenvalue weighted by Crippen LogP contribution is 2.45. The molecule has 6 heteroatoms. The lowest BCUT2D eigenvalue weighted by atomic mass is 9.71. The molecule has 0 radical (unpaired) electrons. The Morgan fingerprint density at radius 2 is 0.935 bits per heavy atom. The number of unbranched alkanes of at least 4 members (excludes halogenated alkanes) is 3. The van der Waals surface area contributed by atoms with Gasteiger partial charge in [0.2, 0.25) is 11.8 Å². The monoisotopic (exact) mass is 636 g/mol. The second kappa shape index (κ2) is 15.7. The van der Waals surface area contributed by atoms with E-state index < -0.39 is 0 Å². The smallest absolute Gasteiger partial charge is 0.243 e. The number of carbonyl (C=O) groups is 2. The van der Waals surface area contributed by atoms with Crippen LogP contribution < -0.4 is 10.6 Å². The first-order valence-electron chi connectivity index (χ1n) is 17.2. The summed E-state index contributed by atoms with van der Waals surface area (Å²) in [5.41, 5.74) is 3.29. The maximum atomic E-state index is 12.5. The summed E-state index contributed by atoms with van der Waals surface area (Å²) in [6.07, 6.45) is 16.5. The molecule has 0 spiro atoms. The lowest BCUT2D eigenvalue weighted by Gasteiger charge is -2.35. The van der Waals surface area contributed by atoms with E-state index in [1.165, 1.54) is 0 Å². The Morgan fingerprint density at radius 3 is 1.22 bits per heavy atom. The Kier molecular flexibility index (Phi) is 13.4. The molecular formula is C40H64N2O4. The van der Waals surface area contributed by atoms with Crippen LogP contribution in [-0.2, 0) is 9.59 Å². The molecule has 4 N–H and O–H groups in total. The summed E-state index contributed by atoms with van der Waals surface area (Å²) in [6, 6.07) is 0. The number of aliphatic hydroxyl groups is 2. The van der Waals surface area contributed by atoms with Gasteiger partial charge in [0, 0.05) is 13.1 Å². The van der Waals surface area contributed by atoms with Crippen molar-refractivity contribution in [2.24, 2.45) is 33.5 Å². The third-order valence-corrected chi connectivity index (χ3v) is 8.84. The zero-order valence-electron chi connectivity index (χ0n) is 31.0. The highest BCUT2D eigenvalue weighted by atomic mass is 16.3. The third-order valence-electron chi connectivity index (χ3n) is 8.84. The quantitative estimate of drug-likeness (QED) is 0.134. The minimum Gasteiger partial charge on any atom is -0.508 e. The number of allylic oxidation sites excluding steroid dienone is 8. The van der Waals surface area contributed by atoms with Gasteiger partial charge < -0.3 is 20.8 Å². The zero-order valence-corrected chi connectivity index (χ0v) is 31.0. The van der Waals surface area contributed by atoms with Crippen molar-refractivity contribution in [1.82, 2.24) is 10.6 Å². The van der Waals surface area contributed by atoms with Gasteiger partial charge >= 0.3 is 0 Å². The van der Waals surface area contributed by atoms with Crippen LogP contribution in [0.15, 0.2) is 70.3 Å². The second-order valence-corrected chi connectivity index (χ2v) is 17.3. The fraction of sp³-hybridized carbons (Fsp3) is 0.650. The molecule has 0 bridgehead atoms. The first kappa shape index (κ1) is 39.2. The standard InChI is InChI=1S/C40H64N2O4/c1-37(2,3)29-23-27(24-30(35(29)45)38(4,5)6)17-19-33(43)41-21-15-13-14-16-22-42-34(44)20-18-28-25-31(39(7,8)9)36(46)32(26-28)40(10,11)12/h17-20,23,25,27-28,45-46H,13-16,21-22,24,26H2,1-12H3,(H,41,43)(H,42,44). The molecule has 2 amide bonds. The summed E-state index contributed by atoms with van der Waals surface area (Å²) < 4.78 is 0. The van der Waals surface area contributed by atoms with Crippen LogP contribution in [0.25, 0.3) is 0 Å². The summed E-state index contributed by atoms with van der Waals surface area (Å²) in [7, 11) is 0. The first-order valence-corrected chi connectivity index (χ1v) is 17.2. The van der Waals surface area contributed by atoms with E-state index >= 15 is 0 Å². The Morgan fingerprint density at radius 1 is 0.609 bits per heavy atom. The van der Waals surface area contributed by atoms with Crippen LogP contribution in [-0.4, -0.2) is 35.1 Å². The van der Waals surface area contributed by atoms with Gasteiger partial charge in [0.1, 0.15) is 11.5 Å². The fourth-order valence-electron chi connectivity index (χ4n) is 6.04. The van der Waals surface area contributed by atoms with Crippen molar-refractivity contribution < 1.29 is 19.8 Å². The van der Waals surface area contributed by atoms with E-state index in [2.05, 4.69) is 106 Å². The molecule has 2 unspecified atom stereocenters. The molecule has 0 fully saturated rings. The largest absolute Gasteiger partial charge is 0.508 e. The van der Waals surface area contributed by atoms with Gasteiger partial charge in [0.05, 0.1) is 0 Å². The van der Waals surface area contributed by atoms with E-state index in [0.717, 1.165) is 48.0 Å². The van der Waals surface area contributed by atoms with Gasteiger partial charge in [-0.2, -0.15) is 0 Å². The van der Waals surface area contributed by atoms with Crippen molar-refractivity contribution in [1.29, 1.82) is 0 Å². The molecule has 0 aromatic rings. The zero-order chi connectivity index (χ0) is 35.1. The van der Waals surface area contributed by atoms with Gasteiger partial charge in [-0.05, 0) is 93.6 Å². The molecular weight excluding hydrogens is 572 g/mol. The van der Waals surface area contributed by atoms with Crippen molar-refractivity contribution in [2.75, 3.05) is 13.1 Å². The maximum Gasteiger partial charge on any atom is 0.243 e. The van der Waals surface area contributed by atoms with Crippen LogP contribution >= 0.6 is 0 Å². The Hall–Kier alpha value is -3.02. The minimum absolute atomic E-state index is 0.0708. The van der Waals surface area contributed by atoms with Crippen LogP contribution in [0.4, 0.5) is 0 Å². The van der Waals surface area contributed by atoms with Gasteiger partial charge in [-0.25, -0.2) is 0 Å². The summed E-state index contributed by atoms with van der Waals surface area (Å²) in [5.74, 6) is 0.770. The van der Waals surface area contributed by atoms with Gasteiger partial charge in [0.25, 0.3) is 0 Å². The van der Waals surface area contributed by atoms with Crippen LogP contribution in [0.2, 0.25) is 0 Å². The van der Waals surface area contributed by atoms with E-state index in [9.17, 15) is 19.8 Å². The first-order chi connectivity index (χ1) is 21.0. The van der Waals surface area contributed by atoms with Crippen LogP contribution in [0.5, 0.6) is 0 Å². The Labute approximate surface area is 280 Å². The van der Waals surface area contributed by atoms with Gasteiger partial charge in [-0.15, -0.1) is 0 Å². The summed E-state index contributed by atoms with van der Waals surface area (Å²) in [6.45, 7) is 26.6. The topological polar surface area (TPSA) is 98.7 Å². The van der Waals surface area contributed by atoms with Crippen molar-refractivity contribution in [3.8, 4) is 0 Å². The van der Waals surface area contributed by atoms with Crippen molar-refractivity contribution in [3.05, 3.63) is 70.3 Å². The Bertz CT molecular complexity index is 1180. The number of amides is 2. The van der Waals surface area contributed by atoms with Crippen LogP contribution in [0.3, 0.4) is 0 Å². The van der Waals surface area contributed by atoms with Crippen LogP contribution in [0, 0.1) is 33.5 Å². The number of carbonyl (C=O) groups excluding carboxylic acids is 2. The summed E-state index contributed by atoms with van der Waals surface area (Å²) in [4.78, 5) is 25.0. The molecule has 46 heavy (non-hydrogen) atoms. The van der Waals surface area contributed by atoms with Crippen molar-refractivity contribution in [3.63, 3.8) is 0 Å².